The highest BCUT2D eigenvalue weighted by Crippen LogP contribution is 2.28. The number of nitrogens with one attached hydrogen (secondary N) is 1. The van der Waals surface area contributed by atoms with E-state index in [4.69, 9.17) is 10.5 Å². The van der Waals surface area contributed by atoms with Crippen LogP contribution in [0.3, 0.4) is 0 Å². The summed E-state index contributed by atoms with van der Waals surface area (Å²) >= 11 is 0. The first-order chi connectivity index (χ1) is 12.7. The Hall–Kier alpha value is -2.29. The molecule has 7 heteroatoms. The number of benzene rings is 2. The van der Waals surface area contributed by atoms with Gasteiger partial charge in [0.1, 0.15) is 5.75 Å². The number of nitrogens with zero attached hydrogens (tertiary/aromatic N) is 2. The van der Waals surface area contributed by atoms with E-state index in [1.165, 1.54) is 5.56 Å². The lowest BCUT2D eigenvalue weighted by atomic mass is 10.2. The van der Waals surface area contributed by atoms with Crippen molar-refractivity contribution < 1.29 is 9.53 Å². The standard InChI is InChI=1S/C20H24N4O2.HI/c1-26-17-8-4-7-16(14-17)23-20(21)22-12-5-10-19(25)24-13-11-15-6-2-3-9-18(15)24;/h2-4,6-9,14H,5,10-13H2,1H3,(H3,21,22,23);1H. The van der Waals surface area contributed by atoms with Gasteiger partial charge in [0, 0.05) is 37.0 Å². The number of nitrogens with two attached hydrogens (primary N) is 1. The second kappa shape index (κ2) is 10.1. The SMILES string of the molecule is COc1cccc(NC(N)=NCCCC(=O)N2CCc3ccccc32)c1.I. The number of halogens is 1. The van der Waals surface area contributed by atoms with E-state index in [1.807, 2.05) is 47.4 Å². The van der Waals surface area contributed by atoms with Gasteiger partial charge in [-0.2, -0.15) is 0 Å². The highest BCUT2D eigenvalue weighted by Gasteiger charge is 2.23. The molecular formula is C20H25IN4O2. The van der Waals surface area contributed by atoms with Crippen molar-refractivity contribution in [1.82, 2.24) is 0 Å². The first-order valence-electron chi connectivity index (χ1n) is 8.76. The minimum absolute atomic E-state index is 0. The third kappa shape index (κ3) is 5.59. The zero-order valence-corrected chi connectivity index (χ0v) is 17.7. The van der Waals surface area contributed by atoms with Crippen LogP contribution in [0.2, 0.25) is 0 Å². The third-order valence-electron chi connectivity index (χ3n) is 4.36. The Bertz CT molecular complexity index is 810. The maximum atomic E-state index is 12.4. The Morgan fingerprint density at radius 2 is 2.07 bits per heavy atom. The molecule has 0 radical (unpaired) electrons. The number of ether oxygens (including phenoxy) is 1. The summed E-state index contributed by atoms with van der Waals surface area (Å²) in [7, 11) is 1.62. The lowest BCUT2D eigenvalue weighted by Crippen LogP contribution is -2.28. The van der Waals surface area contributed by atoms with Gasteiger partial charge in [0.15, 0.2) is 5.96 Å². The molecule has 0 aromatic heterocycles. The summed E-state index contributed by atoms with van der Waals surface area (Å²) in [5, 5.41) is 3.03. The van der Waals surface area contributed by atoms with Gasteiger partial charge in [0.25, 0.3) is 0 Å². The molecule has 2 aromatic rings. The molecule has 3 rings (SSSR count). The Morgan fingerprint density at radius 3 is 2.89 bits per heavy atom. The first kappa shape index (κ1) is 21.0. The van der Waals surface area contributed by atoms with Crippen LogP contribution in [0.25, 0.3) is 0 Å². The lowest BCUT2D eigenvalue weighted by molar-refractivity contribution is -0.118. The minimum Gasteiger partial charge on any atom is -0.497 e. The molecule has 1 heterocycles. The molecule has 2 aromatic carbocycles. The molecule has 0 saturated heterocycles. The number of anilines is 2. The molecular weight excluding hydrogens is 455 g/mol. The molecule has 0 unspecified atom stereocenters. The van der Waals surface area contributed by atoms with Crippen LogP contribution in [-0.4, -0.2) is 32.1 Å². The number of amides is 1. The van der Waals surface area contributed by atoms with Gasteiger partial charge >= 0.3 is 0 Å². The highest BCUT2D eigenvalue weighted by molar-refractivity contribution is 14.0. The number of hydrogen-bond acceptors (Lipinski definition) is 3. The van der Waals surface area contributed by atoms with E-state index in [0.29, 0.717) is 25.3 Å². The number of fused-ring (bicyclic) bond motifs is 1. The number of methoxy groups -OCH3 is 1. The van der Waals surface area contributed by atoms with Crippen LogP contribution < -0.4 is 20.7 Å². The second-order valence-electron chi connectivity index (χ2n) is 6.15. The van der Waals surface area contributed by atoms with Gasteiger partial charge < -0.3 is 20.7 Å². The zero-order chi connectivity index (χ0) is 18.4. The molecule has 1 aliphatic rings. The van der Waals surface area contributed by atoms with Crippen molar-refractivity contribution in [2.75, 3.05) is 30.4 Å². The molecule has 0 aliphatic carbocycles. The molecule has 0 spiro atoms. The second-order valence-corrected chi connectivity index (χ2v) is 6.15. The van der Waals surface area contributed by atoms with Crippen molar-refractivity contribution in [3.05, 3.63) is 54.1 Å². The first-order valence-corrected chi connectivity index (χ1v) is 8.76. The van der Waals surface area contributed by atoms with E-state index < -0.39 is 0 Å². The Labute approximate surface area is 176 Å². The maximum Gasteiger partial charge on any atom is 0.227 e. The summed E-state index contributed by atoms with van der Waals surface area (Å²) in [4.78, 5) is 18.6. The topological polar surface area (TPSA) is 80.0 Å². The number of rotatable bonds is 6. The van der Waals surface area contributed by atoms with Gasteiger partial charge in [-0.05, 0) is 36.6 Å². The molecule has 1 aliphatic heterocycles. The number of hydrogen-bond donors (Lipinski definition) is 2. The summed E-state index contributed by atoms with van der Waals surface area (Å²) in [5.41, 5.74) is 9.00. The van der Waals surface area contributed by atoms with Gasteiger partial charge in [-0.15, -0.1) is 24.0 Å². The zero-order valence-electron chi connectivity index (χ0n) is 15.4. The normalized spacial score (nSPS) is 12.9. The average molecular weight is 480 g/mol. The number of guanidine groups is 1. The summed E-state index contributed by atoms with van der Waals surface area (Å²) in [5.74, 6) is 1.22. The Morgan fingerprint density at radius 1 is 1.26 bits per heavy atom. The van der Waals surface area contributed by atoms with Crippen LogP contribution in [0.5, 0.6) is 5.75 Å². The van der Waals surface area contributed by atoms with Crippen molar-refractivity contribution in [2.45, 2.75) is 19.3 Å². The van der Waals surface area contributed by atoms with Crippen molar-refractivity contribution >= 4 is 47.2 Å². The smallest absolute Gasteiger partial charge is 0.227 e. The largest absolute Gasteiger partial charge is 0.497 e. The Balaban J connectivity index is 0.00000261. The van der Waals surface area contributed by atoms with Crippen LogP contribution in [0.15, 0.2) is 53.5 Å². The fourth-order valence-corrected chi connectivity index (χ4v) is 3.05. The van der Waals surface area contributed by atoms with Crippen LogP contribution in [0, 0.1) is 0 Å². The van der Waals surface area contributed by atoms with Crippen LogP contribution in [0.1, 0.15) is 18.4 Å². The highest BCUT2D eigenvalue weighted by atomic mass is 127. The summed E-state index contributed by atoms with van der Waals surface area (Å²) < 4.78 is 5.17. The monoisotopic (exact) mass is 480 g/mol. The minimum atomic E-state index is 0. The van der Waals surface area contributed by atoms with Gasteiger partial charge in [0.05, 0.1) is 7.11 Å². The molecule has 0 bridgehead atoms. The molecule has 0 fully saturated rings. The van der Waals surface area contributed by atoms with E-state index in [2.05, 4.69) is 16.4 Å². The molecule has 27 heavy (non-hydrogen) atoms. The average Bonchev–Trinajstić information content (AvgIpc) is 3.09. The van der Waals surface area contributed by atoms with Crippen molar-refractivity contribution in [3.8, 4) is 5.75 Å². The molecule has 0 atom stereocenters. The number of aliphatic imine (C=N–C) groups is 1. The van der Waals surface area contributed by atoms with Gasteiger partial charge in [-0.1, -0.05) is 24.3 Å². The van der Waals surface area contributed by atoms with E-state index in [9.17, 15) is 4.79 Å². The summed E-state index contributed by atoms with van der Waals surface area (Å²) in [6, 6.07) is 15.5. The molecule has 144 valence electrons. The molecule has 1 amide bonds. The maximum absolute atomic E-state index is 12.4. The van der Waals surface area contributed by atoms with Gasteiger partial charge in [-0.25, -0.2) is 0 Å². The molecule has 3 N–H and O–H groups in total. The fourth-order valence-electron chi connectivity index (χ4n) is 3.05. The number of carbonyl (C=O) groups excluding carboxylic acids is 1. The Kier molecular flexibility index (Phi) is 7.90. The van der Waals surface area contributed by atoms with E-state index in [0.717, 1.165) is 30.1 Å². The van der Waals surface area contributed by atoms with Crippen molar-refractivity contribution in [3.63, 3.8) is 0 Å². The molecule has 0 saturated carbocycles. The number of para-hydroxylation sites is 1. The molecule has 6 nitrogen and oxygen atoms in total. The third-order valence-corrected chi connectivity index (χ3v) is 4.36. The van der Waals surface area contributed by atoms with Gasteiger partial charge in [0.2, 0.25) is 5.91 Å². The predicted molar refractivity (Wildman–Crippen MR) is 120 cm³/mol. The van der Waals surface area contributed by atoms with E-state index in [1.54, 1.807) is 7.11 Å². The predicted octanol–water partition coefficient (Wildman–Crippen LogP) is 3.41. The summed E-state index contributed by atoms with van der Waals surface area (Å²) in [6.45, 7) is 1.27. The van der Waals surface area contributed by atoms with Crippen LogP contribution in [0.4, 0.5) is 11.4 Å². The number of carbonyl (C=O) groups is 1. The fraction of sp³-hybridized carbons (Fsp3) is 0.300. The van der Waals surface area contributed by atoms with Gasteiger partial charge in [-0.3, -0.25) is 9.79 Å². The quantitative estimate of drug-likeness (QED) is 0.288. The van der Waals surface area contributed by atoms with Crippen molar-refractivity contribution in [1.29, 1.82) is 0 Å². The van der Waals surface area contributed by atoms with E-state index in [-0.39, 0.29) is 29.9 Å². The van der Waals surface area contributed by atoms with Crippen molar-refractivity contribution in [2.24, 2.45) is 10.7 Å². The lowest BCUT2D eigenvalue weighted by Gasteiger charge is -2.17. The van der Waals surface area contributed by atoms with E-state index >= 15 is 0 Å². The summed E-state index contributed by atoms with van der Waals surface area (Å²) in [6.07, 6.45) is 2.06. The van der Waals surface area contributed by atoms with Crippen LogP contribution >= 0.6 is 24.0 Å². The van der Waals surface area contributed by atoms with Crippen LogP contribution in [-0.2, 0) is 11.2 Å².